The fourth-order valence-corrected chi connectivity index (χ4v) is 3.24. The molecule has 1 heterocycles. The summed E-state index contributed by atoms with van der Waals surface area (Å²) < 4.78 is 18.2. The molecule has 3 rings (SSSR count). The number of anilines is 1. The molecule has 152 valence electrons. The molecule has 1 N–H and O–H groups in total. The van der Waals surface area contributed by atoms with E-state index in [0.29, 0.717) is 42.2 Å². The molecule has 0 unspecified atom stereocenters. The predicted molar refractivity (Wildman–Crippen MR) is 106 cm³/mol. The Morgan fingerprint density at radius 1 is 1.10 bits per heavy atom. The van der Waals surface area contributed by atoms with Crippen molar-refractivity contribution in [2.24, 2.45) is 5.92 Å². The molecule has 2 aromatic carbocycles. The molecule has 1 aliphatic rings. The number of carbonyl (C=O) groups is 3. The molecule has 0 aromatic heterocycles. The largest absolute Gasteiger partial charge is 0.455 e. The van der Waals surface area contributed by atoms with E-state index in [-0.39, 0.29) is 11.8 Å². The number of esters is 1. The average molecular weight is 419 g/mol. The van der Waals surface area contributed by atoms with Gasteiger partial charge >= 0.3 is 5.97 Å². The van der Waals surface area contributed by atoms with Crippen LogP contribution >= 0.6 is 11.6 Å². The standard InChI is InChI=1S/C21H20ClFN2O4/c22-16-6-4-14(5-7-16)20(27)25-10-8-15(9-11-25)21(28)29-13-19(26)24-18-3-1-2-17(23)12-18/h1-7,12,15H,8-11,13H2,(H,24,26). The first-order valence-electron chi connectivity index (χ1n) is 9.19. The van der Waals surface area contributed by atoms with Crippen LogP contribution < -0.4 is 5.32 Å². The number of likely N-dealkylation sites (tertiary alicyclic amines) is 1. The lowest BCUT2D eigenvalue weighted by Crippen LogP contribution is -2.41. The van der Waals surface area contributed by atoms with Crippen LogP contribution in [0.1, 0.15) is 23.2 Å². The van der Waals surface area contributed by atoms with Gasteiger partial charge < -0.3 is 15.0 Å². The number of carbonyl (C=O) groups excluding carboxylic acids is 3. The monoisotopic (exact) mass is 418 g/mol. The molecule has 0 bridgehead atoms. The topological polar surface area (TPSA) is 75.7 Å². The minimum absolute atomic E-state index is 0.108. The lowest BCUT2D eigenvalue weighted by Gasteiger charge is -2.31. The van der Waals surface area contributed by atoms with Crippen LogP contribution in [0, 0.1) is 11.7 Å². The summed E-state index contributed by atoms with van der Waals surface area (Å²) in [5.74, 6) is -1.97. The number of nitrogens with zero attached hydrogens (tertiary/aromatic N) is 1. The van der Waals surface area contributed by atoms with Crippen LogP contribution in [0.3, 0.4) is 0 Å². The number of benzene rings is 2. The SMILES string of the molecule is O=C(COC(=O)C1CCN(C(=O)c2ccc(Cl)cc2)CC1)Nc1cccc(F)c1. The minimum Gasteiger partial charge on any atom is -0.455 e. The number of ether oxygens (including phenoxy) is 1. The minimum atomic E-state index is -0.542. The Hall–Kier alpha value is -2.93. The second-order valence-electron chi connectivity index (χ2n) is 6.74. The summed E-state index contributed by atoms with van der Waals surface area (Å²) in [4.78, 5) is 38.2. The number of hydrogen-bond acceptors (Lipinski definition) is 4. The summed E-state index contributed by atoms with van der Waals surface area (Å²) in [6.07, 6.45) is 0.924. The van der Waals surface area contributed by atoms with E-state index in [4.69, 9.17) is 16.3 Å². The molecule has 0 spiro atoms. The highest BCUT2D eigenvalue weighted by Crippen LogP contribution is 2.21. The zero-order chi connectivity index (χ0) is 20.8. The van der Waals surface area contributed by atoms with Gasteiger partial charge in [0, 0.05) is 29.4 Å². The number of piperidine rings is 1. The van der Waals surface area contributed by atoms with Crippen molar-refractivity contribution in [2.75, 3.05) is 25.0 Å². The lowest BCUT2D eigenvalue weighted by atomic mass is 9.96. The summed E-state index contributed by atoms with van der Waals surface area (Å²) in [5.41, 5.74) is 0.838. The molecule has 0 radical (unpaired) electrons. The van der Waals surface area contributed by atoms with E-state index in [1.54, 1.807) is 29.2 Å². The zero-order valence-corrected chi connectivity index (χ0v) is 16.3. The maximum absolute atomic E-state index is 13.1. The van der Waals surface area contributed by atoms with Crippen LogP contribution in [0.4, 0.5) is 10.1 Å². The third-order valence-electron chi connectivity index (χ3n) is 4.66. The van der Waals surface area contributed by atoms with Crippen molar-refractivity contribution < 1.29 is 23.5 Å². The van der Waals surface area contributed by atoms with Gasteiger partial charge in [0.2, 0.25) is 0 Å². The summed E-state index contributed by atoms with van der Waals surface area (Å²) in [6.45, 7) is 0.409. The first-order chi connectivity index (χ1) is 13.9. The highest BCUT2D eigenvalue weighted by Gasteiger charge is 2.29. The number of nitrogens with one attached hydrogen (secondary N) is 1. The Kier molecular flexibility index (Phi) is 6.82. The van der Waals surface area contributed by atoms with Crippen LogP contribution in [0.5, 0.6) is 0 Å². The van der Waals surface area contributed by atoms with Gasteiger partial charge in [-0.15, -0.1) is 0 Å². The second kappa shape index (κ2) is 9.52. The molecule has 0 saturated carbocycles. The van der Waals surface area contributed by atoms with Crippen molar-refractivity contribution in [2.45, 2.75) is 12.8 Å². The first-order valence-corrected chi connectivity index (χ1v) is 9.57. The third kappa shape index (κ3) is 5.77. The van der Waals surface area contributed by atoms with Crippen LogP contribution in [0.25, 0.3) is 0 Å². The summed E-state index contributed by atoms with van der Waals surface area (Å²) in [6, 6.07) is 12.1. The molecule has 2 amide bonds. The van der Waals surface area contributed by atoms with Crippen LogP contribution in [-0.4, -0.2) is 42.4 Å². The highest BCUT2D eigenvalue weighted by atomic mass is 35.5. The van der Waals surface area contributed by atoms with Gasteiger partial charge in [-0.1, -0.05) is 17.7 Å². The smallest absolute Gasteiger partial charge is 0.309 e. The van der Waals surface area contributed by atoms with Gasteiger partial charge in [-0.3, -0.25) is 14.4 Å². The normalized spacial score (nSPS) is 14.3. The van der Waals surface area contributed by atoms with Gasteiger partial charge in [0.25, 0.3) is 11.8 Å². The van der Waals surface area contributed by atoms with Crippen molar-refractivity contribution in [1.29, 1.82) is 0 Å². The Balaban J connectivity index is 1.43. The van der Waals surface area contributed by atoms with Crippen LogP contribution in [-0.2, 0) is 14.3 Å². The molecule has 1 fully saturated rings. The maximum atomic E-state index is 13.1. The Morgan fingerprint density at radius 3 is 2.45 bits per heavy atom. The summed E-state index contributed by atoms with van der Waals surface area (Å²) in [7, 11) is 0. The number of rotatable bonds is 5. The van der Waals surface area contributed by atoms with E-state index in [2.05, 4.69) is 5.32 Å². The number of amides is 2. The molecule has 0 atom stereocenters. The van der Waals surface area contributed by atoms with E-state index in [1.807, 2.05) is 0 Å². The molecule has 29 heavy (non-hydrogen) atoms. The first kappa shape index (κ1) is 20.8. The van der Waals surface area contributed by atoms with Gasteiger partial charge in [0.05, 0.1) is 5.92 Å². The molecule has 0 aliphatic carbocycles. The van der Waals surface area contributed by atoms with Crippen molar-refractivity contribution in [3.63, 3.8) is 0 Å². The van der Waals surface area contributed by atoms with Gasteiger partial charge in [-0.25, -0.2) is 4.39 Å². The number of halogens is 2. The van der Waals surface area contributed by atoms with Gasteiger partial charge in [0.1, 0.15) is 5.82 Å². The lowest BCUT2D eigenvalue weighted by molar-refractivity contribution is -0.152. The average Bonchev–Trinajstić information content (AvgIpc) is 2.72. The van der Waals surface area contributed by atoms with Crippen molar-refractivity contribution in [3.05, 3.63) is 64.9 Å². The Labute approximate surface area is 172 Å². The molecule has 8 heteroatoms. The Bertz CT molecular complexity index is 896. The summed E-state index contributed by atoms with van der Waals surface area (Å²) in [5, 5.41) is 3.03. The van der Waals surface area contributed by atoms with Crippen LogP contribution in [0.15, 0.2) is 48.5 Å². The van der Waals surface area contributed by atoms with Crippen molar-refractivity contribution in [1.82, 2.24) is 4.90 Å². The van der Waals surface area contributed by atoms with E-state index >= 15 is 0 Å². The molecule has 1 aliphatic heterocycles. The van der Waals surface area contributed by atoms with E-state index in [9.17, 15) is 18.8 Å². The van der Waals surface area contributed by atoms with Gasteiger partial charge in [0.15, 0.2) is 6.61 Å². The highest BCUT2D eigenvalue weighted by molar-refractivity contribution is 6.30. The van der Waals surface area contributed by atoms with Gasteiger partial charge in [-0.2, -0.15) is 0 Å². The summed E-state index contributed by atoms with van der Waals surface area (Å²) >= 11 is 5.84. The fraction of sp³-hybridized carbons (Fsp3) is 0.286. The molecular weight excluding hydrogens is 399 g/mol. The van der Waals surface area contributed by atoms with E-state index in [1.165, 1.54) is 24.3 Å². The van der Waals surface area contributed by atoms with Gasteiger partial charge in [-0.05, 0) is 55.3 Å². The molecule has 2 aromatic rings. The second-order valence-corrected chi connectivity index (χ2v) is 7.18. The van der Waals surface area contributed by atoms with Crippen molar-refractivity contribution in [3.8, 4) is 0 Å². The Morgan fingerprint density at radius 2 is 1.79 bits per heavy atom. The number of hydrogen-bond donors (Lipinski definition) is 1. The fourth-order valence-electron chi connectivity index (χ4n) is 3.11. The zero-order valence-electron chi connectivity index (χ0n) is 15.6. The van der Waals surface area contributed by atoms with Crippen LogP contribution in [0.2, 0.25) is 5.02 Å². The molecule has 1 saturated heterocycles. The molecular formula is C21H20ClFN2O4. The predicted octanol–water partition coefficient (Wildman–Crippen LogP) is 3.51. The quantitative estimate of drug-likeness (QED) is 0.754. The van der Waals surface area contributed by atoms with E-state index in [0.717, 1.165) is 0 Å². The van der Waals surface area contributed by atoms with E-state index < -0.39 is 24.3 Å². The molecule has 6 nitrogen and oxygen atoms in total. The maximum Gasteiger partial charge on any atom is 0.309 e. The third-order valence-corrected chi connectivity index (χ3v) is 4.91. The van der Waals surface area contributed by atoms with Crippen molar-refractivity contribution >= 4 is 35.1 Å².